The fraction of sp³-hybridized carbons (Fsp3) is 0.357. The van der Waals surface area contributed by atoms with Crippen molar-refractivity contribution in [1.82, 2.24) is 14.8 Å². The molecule has 0 N–H and O–H groups in total. The van der Waals surface area contributed by atoms with Crippen molar-refractivity contribution in [3.8, 4) is 17.0 Å². The van der Waals surface area contributed by atoms with Crippen LogP contribution in [0.25, 0.3) is 11.3 Å². The molecule has 2 aromatic rings. The van der Waals surface area contributed by atoms with Gasteiger partial charge in [0.2, 0.25) is 0 Å². The lowest BCUT2D eigenvalue weighted by Crippen LogP contribution is -2.07. The van der Waals surface area contributed by atoms with Gasteiger partial charge in [-0.05, 0) is 19.9 Å². The molecule has 0 fully saturated rings. The second-order valence-corrected chi connectivity index (χ2v) is 4.68. The van der Waals surface area contributed by atoms with Crippen LogP contribution in [0.2, 0.25) is 5.02 Å². The molecule has 124 valence electrons. The highest BCUT2D eigenvalue weighted by molar-refractivity contribution is 6.35. The number of ether oxygens (including phenoxy) is 2. The molecule has 0 aliphatic carbocycles. The fourth-order valence-corrected chi connectivity index (χ4v) is 2.33. The summed E-state index contributed by atoms with van der Waals surface area (Å²) >= 11 is 6.23. The van der Waals surface area contributed by atoms with Crippen molar-refractivity contribution in [2.75, 3.05) is 6.61 Å². The van der Waals surface area contributed by atoms with Gasteiger partial charge >= 0.3 is 12.6 Å². The summed E-state index contributed by atoms with van der Waals surface area (Å²) in [6.07, 6.45) is 2.63. The van der Waals surface area contributed by atoms with Crippen LogP contribution in [-0.4, -0.2) is 34.0 Å². The van der Waals surface area contributed by atoms with Gasteiger partial charge in [0, 0.05) is 18.9 Å². The maximum absolute atomic E-state index is 12.6. The van der Waals surface area contributed by atoms with Crippen LogP contribution in [0.3, 0.4) is 0 Å². The van der Waals surface area contributed by atoms with E-state index in [1.165, 1.54) is 23.1 Å². The van der Waals surface area contributed by atoms with Crippen molar-refractivity contribution in [1.29, 1.82) is 0 Å². The zero-order valence-corrected chi connectivity index (χ0v) is 13.2. The molecule has 0 unspecified atom stereocenters. The van der Waals surface area contributed by atoms with Gasteiger partial charge in [-0.2, -0.15) is 13.9 Å². The first-order valence-electron chi connectivity index (χ1n) is 6.82. The number of alkyl halides is 2. The number of aryl methyl sites for hydroxylation is 1. The number of hydrogen-bond acceptors (Lipinski definition) is 5. The van der Waals surface area contributed by atoms with Gasteiger partial charge in [0.25, 0.3) is 0 Å². The second kappa shape index (κ2) is 7.36. The molecule has 0 aromatic carbocycles. The highest BCUT2D eigenvalue weighted by Crippen LogP contribution is 2.37. The third-order valence-electron chi connectivity index (χ3n) is 2.92. The Morgan fingerprint density at radius 1 is 1.43 bits per heavy atom. The van der Waals surface area contributed by atoms with Gasteiger partial charge in [-0.25, -0.2) is 4.79 Å². The van der Waals surface area contributed by atoms with Crippen LogP contribution in [0.5, 0.6) is 5.75 Å². The number of carbonyl (C=O) groups is 1. The molecule has 0 aliphatic heterocycles. The quantitative estimate of drug-likeness (QED) is 0.751. The first kappa shape index (κ1) is 17.1. The van der Waals surface area contributed by atoms with Gasteiger partial charge in [0.05, 0.1) is 17.9 Å². The lowest BCUT2D eigenvalue weighted by atomic mass is 10.1. The minimum atomic E-state index is -3.00. The first-order valence-corrected chi connectivity index (χ1v) is 7.19. The summed E-state index contributed by atoms with van der Waals surface area (Å²) in [5.74, 6) is -0.798. The number of nitrogens with zero attached hydrogens (tertiary/aromatic N) is 3. The minimum absolute atomic E-state index is 0.00239. The number of esters is 1. The molecule has 2 rings (SSSR count). The smallest absolute Gasteiger partial charge is 0.387 e. The van der Waals surface area contributed by atoms with Crippen LogP contribution in [0.1, 0.15) is 24.3 Å². The summed E-state index contributed by atoms with van der Waals surface area (Å²) < 4.78 is 35.9. The number of hydrogen-bond donors (Lipinski definition) is 0. The van der Waals surface area contributed by atoms with E-state index in [1.807, 2.05) is 0 Å². The van der Waals surface area contributed by atoms with Crippen LogP contribution < -0.4 is 4.74 Å². The summed E-state index contributed by atoms with van der Waals surface area (Å²) in [6.45, 7) is 0.941. The molecule has 0 saturated heterocycles. The van der Waals surface area contributed by atoms with Crippen molar-refractivity contribution < 1.29 is 23.0 Å². The van der Waals surface area contributed by atoms with Gasteiger partial charge in [-0.15, -0.1) is 0 Å². The summed E-state index contributed by atoms with van der Waals surface area (Å²) in [5.41, 5.74) is 0.390. The van der Waals surface area contributed by atoms with Crippen LogP contribution in [0.15, 0.2) is 18.5 Å². The summed E-state index contributed by atoms with van der Waals surface area (Å²) in [4.78, 5) is 15.8. The number of aromatic nitrogens is 3. The van der Waals surface area contributed by atoms with E-state index in [4.69, 9.17) is 16.3 Å². The van der Waals surface area contributed by atoms with E-state index >= 15 is 0 Å². The normalized spacial score (nSPS) is 10.9. The van der Waals surface area contributed by atoms with Crippen molar-refractivity contribution in [2.24, 2.45) is 0 Å². The van der Waals surface area contributed by atoms with Gasteiger partial charge in [0.1, 0.15) is 10.8 Å². The largest absolute Gasteiger partial charge is 0.461 e. The molecule has 0 bridgehead atoms. The molecule has 9 heteroatoms. The van der Waals surface area contributed by atoms with Crippen molar-refractivity contribution in [2.45, 2.75) is 27.0 Å². The molecular weight excluding hydrogens is 332 g/mol. The Morgan fingerprint density at radius 3 is 2.78 bits per heavy atom. The number of pyridine rings is 1. The van der Waals surface area contributed by atoms with Crippen LogP contribution >= 0.6 is 11.6 Å². The molecule has 2 heterocycles. The average molecular weight is 346 g/mol. The summed E-state index contributed by atoms with van der Waals surface area (Å²) in [5, 5.41) is 4.08. The molecule has 0 atom stereocenters. The maximum Gasteiger partial charge on any atom is 0.387 e. The Morgan fingerprint density at radius 2 is 2.17 bits per heavy atom. The fourth-order valence-electron chi connectivity index (χ4n) is 2.01. The van der Waals surface area contributed by atoms with E-state index in [0.29, 0.717) is 6.54 Å². The van der Waals surface area contributed by atoms with Crippen molar-refractivity contribution >= 4 is 17.6 Å². The molecule has 0 spiro atoms. The van der Waals surface area contributed by atoms with E-state index in [1.54, 1.807) is 13.8 Å². The van der Waals surface area contributed by atoms with Crippen LogP contribution in [0.4, 0.5) is 8.78 Å². The predicted molar refractivity (Wildman–Crippen MR) is 78.7 cm³/mol. The molecule has 23 heavy (non-hydrogen) atoms. The lowest BCUT2D eigenvalue weighted by Gasteiger charge is -2.11. The second-order valence-electron chi connectivity index (χ2n) is 4.30. The Hall–Kier alpha value is -2.22. The van der Waals surface area contributed by atoms with E-state index < -0.39 is 12.6 Å². The van der Waals surface area contributed by atoms with Crippen LogP contribution in [-0.2, 0) is 11.3 Å². The standard InChI is InChI=1S/C14H14ClF2N3O3/c1-3-20-12(10(15)11(19-20)13(21)22-4-2)8-7-18-6-5-9(8)23-14(16)17/h5-7,14H,3-4H2,1-2H3. The molecule has 2 aromatic heterocycles. The molecular formula is C14H14ClF2N3O3. The topological polar surface area (TPSA) is 66.2 Å². The molecule has 0 saturated carbocycles. The third-order valence-corrected chi connectivity index (χ3v) is 3.27. The Balaban J connectivity index is 2.57. The Kier molecular flexibility index (Phi) is 5.49. The Bertz CT molecular complexity index is 707. The number of carbonyl (C=O) groups excluding carboxylic acids is 1. The maximum atomic E-state index is 12.6. The molecule has 0 aliphatic rings. The minimum Gasteiger partial charge on any atom is -0.461 e. The van der Waals surface area contributed by atoms with Gasteiger partial charge in [-0.3, -0.25) is 9.67 Å². The molecule has 6 nitrogen and oxygen atoms in total. The van der Waals surface area contributed by atoms with E-state index in [2.05, 4.69) is 14.8 Å². The zero-order valence-electron chi connectivity index (χ0n) is 12.4. The number of rotatable bonds is 6. The van der Waals surface area contributed by atoms with E-state index in [9.17, 15) is 13.6 Å². The monoisotopic (exact) mass is 345 g/mol. The summed E-state index contributed by atoms with van der Waals surface area (Å²) in [6, 6.07) is 1.29. The van der Waals surface area contributed by atoms with Gasteiger partial charge in [0.15, 0.2) is 5.69 Å². The molecule has 0 amide bonds. The molecule has 0 radical (unpaired) electrons. The van der Waals surface area contributed by atoms with E-state index in [0.717, 1.165) is 0 Å². The van der Waals surface area contributed by atoms with E-state index in [-0.39, 0.29) is 34.3 Å². The Labute approximate surface area is 136 Å². The van der Waals surface area contributed by atoms with Gasteiger partial charge in [-0.1, -0.05) is 11.6 Å². The number of halogens is 3. The SMILES string of the molecule is CCOC(=O)c1nn(CC)c(-c2cnccc2OC(F)F)c1Cl. The highest BCUT2D eigenvalue weighted by atomic mass is 35.5. The summed E-state index contributed by atoms with van der Waals surface area (Å²) in [7, 11) is 0. The lowest BCUT2D eigenvalue weighted by molar-refractivity contribution is -0.0495. The van der Waals surface area contributed by atoms with Gasteiger partial charge < -0.3 is 9.47 Å². The van der Waals surface area contributed by atoms with Crippen molar-refractivity contribution in [3.05, 3.63) is 29.2 Å². The first-order chi connectivity index (χ1) is 11.0. The third kappa shape index (κ3) is 3.58. The zero-order chi connectivity index (χ0) is 17.0. The predicted octanol–water partition coefficient (Wildman–Crippen LogP) is 3.40. The highest BCUT2D eigenvalue weighted by Gasteiger charge is 2.25. The van der Waals surface area contributed by atoms with Crippen LogP contribution in [0, 0.1) is 0 Å². The average Bonchev–Trinajstić information content (AvgIpc) is 2.84. The van der Waals surface area contributed by atoms with Crippen molar-refractivity contribution in [3.63, 3.8) is 0 Å².